The van der Waals surface area contributed by atoms with E-state index in [2.05, 4.69) is 0 Å². The van der Waals surface area contributed by atoms with Gasteiger partial charge < -0.3 is 9.16 Å². The Balaban J connectivity index is 3.21. The van der Waals surface area contributed by atoms with E-state index in [1.165, 1.54) is 14.0 Å². The number of hydrogen-bond acceptors (Lipinski definition) is 4. The van der Waals surface area contributed by atoms with E-state index in [9.17, 15) is 9.59 Å². The van der Waals surface area contributed by atoms with E-state index < -0.39 is 26.3 Å². The van der Waals surface area contributed by atoms with Crippen molar-refractivity contribution in [3.63, 3.8) is 0 Å². The van der Waals surface area contributed by atoms with Crippen LogP contribution in [0, 0.1) is 5.92 Å². The number of esters is 1. The molecule has 110 valence electrons. The summed E-state index contributed by atoms with van der Waals surface area (Å²) in [6, 6.07) is 9.35. The Morgan fingerprint density at radius 1 is 1.10 bits per heavy atom. The van der Waals surface area contributed by atoms with Crippen LogP contribution >= 0.6 is 0 Å². The van der Waals surface area contributed by atoms with Crippen molar-refractivity contribution in [2.45, 2.75) is 32.7 Å². The van der Waals surface area contributed by atoms with Crippen LogP contribution in [0.1, 0.15) is 18.6 Å². The van der Waals surface area contributed by atoms with Gasteiger partial charge in [0.25, 0.3) is 0 Å². The minimum Gasteiger partial charge on any atom is -0.468 e. The molecular weight excluding hydrogens is 272 g/mol. The molecule has 1 aromatic carbocycles. The standard InChI is InChI=1S/C15H22O4Si/c1-11(16)13(15(17)18-2)14(19-20(3,4)5)12-9-7-6-8-10-12/h6-10,13-14H,1-5H3. The maximum Gasteiger partial charge on any atom is 0.319 e. The lowest BCUT2D eigenvalue weighted by molar-refractivity contribution is -0.153. The van der Waals surface area contributed by atoms with Crippen molar-refractivity contribution in [3.05, 3.63) is 35.9 Å². The molecule has 0 spiro atoms. The van der Waals surface area contributed by atoms with Crippen LogP contribution in [-0.4, -0.2) is 27.2 Å². The first-order valence-corrected chi connectivity index (χ1v) is 9.98. The maximum atomic E-state index is 11.9. The minimum absolute atomic E-state index is 0.246. The summed E-state index contributed by atoms with van der Waals surface area (Å²) in [7, 11) is -0.644. The highest BCUT2D eigenvalue weighted by atomic mass is 28.4. The number of Topliss-reactive ketones (excluding diaryl/α,β-unsaturated/α-hetero) is 1. The third-order valence-electron chi connectivity index (χ3n) is 2.80. The predicted octanol–water partition coefficient (Wildman–Crippen LogP) is 2.96. The van der Waals surface area contributed by atoms with Crippen LogP contribution in [0.15, 0.2) is 30.3 Å². The van der Waals surface area contributed by atoms with E-state index in [0.29, 0.717) is 0 Å². The molecule has 20 heavy (non-hydrogen) atoms. The molecule has 0 bridgehead atoms. The molecule has 0 N–H and O–H groups in total. The minimum atomic E-state index is -1.93. The smallest absolute Gasteiger partial charge is 0.319 e. The third-order valence-corrected chi connectivity index (χ3v) is 3.77. The molecule has 0 saturated heterocycles. The van der Waals surface area contributed by atoms with Crippen molar-refractivity contribution < 1.29 is 18.8 Å². The molecule has 2 atom stereocenters. The molecular formula is C15H22O4Si. The lowest BCUT2D eigenvalue weighted by Gasteiger charge is -2.30. The third kappa shape index (κ3) is 4.58. The molecule has 5 heteroatoms. The second-order valence-corrected chi connectivity index (χ2v) is 10.1. The van der Waals surface area contributed by atoms with Crippen LogP contribution in [0.3, 0.4) is 0 Å². The van der Waals surface area contributed by atoms with Crippen LogP contribution in [0.4, 0.5) is 0 Å². The van der Waals surface area contributed by atoms with E-state index in [4.69, 9.17) is 9.16 Å². The monoisotopic (exact) mass is 294 g/mol. The van der Waals surface area contributed by atoms with Gasteiger partial charge in [0.1, 0.15) is 11.7 Å². The van der Waals surface area contributed by atoms with Crippen LogP contribution in [0.2, 0.25) is 19.6 Å². The topological polar surface area (TPSA) is 52.6 Å². The van der Waals surface area contributed by atoms with Crippen molar-refractivity contribution in [2.24, 2.45) is 5.92 Å². The second kappa shape index (κ2) is 6.81. The molecule has 0 aliphatic rings. The molecule has 4 nitrogen and oxygen atoms in total. The highest BCUT2D eigenvalue weighted by Crippen LogP contribution is 2.31. The van der Waals surface area contributed by atoms with Gasteiger partial charge in [-0.15, -0.1) is 0 Å². The number of benzene rings is 1. The summed E-state index contributed by atoms with van der Waals surface area (Å²) in [6.45, 7) is 7.47. The molecule has 0 radical (unpaired) electrons. The molecule has 1 aromatic rings. The average molecular weight is 294 g/mol. The highest BCUT2D eigenvalue weighted by Gasteiger charge is 2.37. The fraction of sp³-hybridized carbons (Fsp3) is 0.467. The molecule has 1 rings (SSSR count). The van der Waals surface area contributed by atoms with Gasteiger partial charge in [0, 0.05) is 0 Å². The van der Waals surface area contributed by atoms with Gasteiger partial charge in [0.05, 0.1) is 13.2 Å². The molecule has 0 saturated carbocycles. The highest BCUT2D eigenvalue weighted by molar-refractivity contribution is 6.69. The van der Waals surface area contributed by atoms with E-state index in [-0.39, 0.29) is 5.78 Å². The van der Waals surface area contributed by atoms with Crippen molar-refractivity contribution in [1.82, 2.24) is 0 Å². The second-order valence-electron chi connectivity index (χ2n) is 5.67. The Kier molecular flexibility index (Phi) is 5.65. The molecule has 0 fully saturated rings. The quantitative estimate of drug-likeness (QED) is 0.460. The zero-order chi connectivity index (χ0) is 15.3. The van der Waals surface area contributed by atoms with E-state index >= 15 is 0 Å². The zero-order valence-corrected chi connectivity index (χ0v) is 13.7. The van der Waals surface area contributed by atoms with Crippen LogP contribution < -0.4 is 0 Å². The average Bonchev–Trinajstić information content (AvgIpc) is 2.36. The van der Waals surface area contributed by atoms with Gasteiger partial charge in [-0.05, 0) is 32.1 Å². The Morgan fingerprint density at radius 3 is 2.05 bits per heavy atom. The molecule has 0 heterocycles. The molecule has 2 unspecified atom stereocenters. The van der Waals surface area contributed by atoms with Gasteiger partial charge in [-0.2, -0.15) is 0 Å². The van der Waals surface area contributed by atoms with Crippen LogP contribution in [0.5, 0.6) is 0 Å². The van der Waals surface area contributed by atoms with Gasteiger partial charge in [-0.3, -0.25) is 9.59 Å². The lowest BCUT2D eigenvalue weighted by Crippen LogP contribution is -2.37. The molecule has 0 aromatic heterocycles. The summed E-state index contributed by atoms with van der Waals surface area (Å²) in [5.74, 6) is -1.72. The number of hydrogen-bond donors (Lipinski definition) is 0. The van der Waals surface area contributed by atoms with Crippen LogP contribution in [-0.2, 0) is 18.8 Å². The number of methoxy groups -OCH3 is 1. The number of carbonyl (C=O) groups is 2. The number of ether oxygens (including phenoxy) is 1. The number of rotatable bonds is 6. The molecule has 0 amide bonds. The van der Waals surface area contributed by atoms with E-state index in [1.54, 1.807) is 0 Å². The van der Waals surface area contributed by atoms with Gasteiger partial charge in [0.2, 0.25) is 0 Å². The molecule has 0 aliphatic heterocycles. The summed E-state index contributed by atoms with van der Waals surface area (Å²) in [5, 5.41) is 0. The normalized spacial score (nSPS) is 14.4. The van der Waals surface area contributed by atoms with Crippen molar-refractivity contribution in [2.75, 3.05) is 7.11 Å². The summed E-state index contributed by atoms with van der Waals surface area (Å²) < 4.78 is 10.9. The molecule has 0 aliphatic carbocycles. The summed E-state index contributed by atoms with van der Waals surface area (Å²) in [5.41, 5.74) is 0.820. The van der Waals surface area contributed by atoms with Gasteiger partial charge in [-0.25, -0.2) is 0 Å². The predicted molar refractivity (Wildman–Crippen MR) is 79.8 cm³/mol. The fourth-order valence-electron chi connectivity index (χ4n) is 1.98. The Morgan fingerprint density at radius 2 is 1.65 bits per heavy atom. The summed E-state index contributed by atoms with van der Waals surface area (Å²) in [6.07, 6.45) is -0.590. The van der Waals surface area contributed by atoms with Gasteiger partial charge >= 0.3 is 5.97 Å². The first-order chi connectivity index (χ1) is 9.26. The van der Waals surface area contributed by atoms with Gasteiger partial charge in [0.15, 0.2) is 8.32 Å². The maximum absolute atomic E-state index is 11.9. The fourth-order valence-corrected chi connectivity index (χ4v) is 3.02. The largest absolute Gasteiger partial charge is 0.468 e. The lowest BCUT2D eigenvalue weighted by atomic mass is 9.93. The van der Waals surface area contributed by atoms with E-state index in [0.717, 1.165) is 5.56 Å². The summed E-state index contributed by atoms with van der Waals surface area (Å²) >= 11 is 0. The first kappa shape index (κ1) is 16.6. The van der Waals surface area contributed by atoms with E-state index in [1.807, 2.05) is 50.0 Å². The Hall–Kier alpha value is -1.46. The van der Waals surface area contributed by atoms with Crippen LogP contribution in [0.25, 0.3) is 0 Å². The Bertz CT molecular complexity index is 465. The Labute approximate surface area is 121 Å². The van der Waals surface area contributed by atoms with Crippen molar-refractivity contribution in [1.29, 1.82) is 0 Å². The number of ketones is 1. The van der Waals surface area contributed by atoms with Crippen molar-refractivity contribution in [3.8, 4) is 0 Å². The zero-order valence-electron chi connectivity index (χ0n) is 12.7. The van der Waals surface area contributed by atoms with Gasteiger partial charge in [-0.1, -0.05) is 30.3 Å². The van der Waals surface area contributed by atoms with Crippen molar-refractivity contribution >= 4 is 20.1 Å². The number of carbonyl (C=O) groups excluding carboxylic acids is 2. The first-order valence-electron chi connectivity index (χ1n) is 6.57. The summed E-state index contributed by atoms with van der Waals surface area (Å²) in [4.78, 5) is 23.8. The SMILES string of the molecule is COC(=O)C(C(C)=O)C(O[Si](C)(C)C)c1ccccc1.